The van der Waals surface area contributed by atoms with Gasteiger partial charge in [-0.05, 0) is 36.7 Å². The zero-order valence-corrected chi connectivity index (χ0v) is 11.6. The van der Waals surface area contributed by atoms with Crippen molar-refractivity contribution in [3.8, 4) is 0 Å². The van der Waals surface area contributed by atoms with Gasteiger partial charge in [-0.1, -0.05) is 43.3 Å². The molecule has 1 atom stereocenters. The van der Waals surface area contributed by atoms with E-state index < -0.39 is 0 Å². The summed E-state index contributed by atoms with van der Waals surface area (Å²) in [7, 11) is 0.533. The summed E-state index contributed by atoms with van der Waals surface area (Å²) in [5, 5.41) is 0. The van der Waals surface area contributed by atoms with Crippen molar-refractivity contribution in [1.82, 2.24) is 0 Å². The Bertz CT molecular complexity index is 324. The molecule has 0 aliphatic rings. The van der Waals surface area contributed by atoms with Gasteiger partial charge >= 0.3 is 0 Å². The standard InChI is InChI=1S/C15H23S/c1-5-11-16(6-2)12-14(4)15-9-7-13(3)8-10-15/h7-10H,4-6,11-12H2,1-3H3/q+1. The number of hydrogen-bond donors (Lipinski definition) is 0. The summed E-state index contributed by atoms with van der Waals surface area (Å²) in [5.41, 5.74) is 3.94. The van der Waals surface area contributed by atoms with Gasteiger partial charge in [0.25, 0.3) is 0 Å². The maximum absolute atomic E-state index is 4.23. The first-order valence-corrected chi connectivity index (χ1v) is 7.79. The van der Waals surface area contributed by atoms with E-state index in [4.69, 9.17) is 0 Å². The lowest BCUT2D eigenvalue weighted by Crippen LogP contribution is -2.15. The average Bonchev–Trinajstić information content (AvgIpc) is 2.29. The molecule has 0 aromatic heterocycles. The van der Waals surface area contributed by atoms with Crippen molar-refractivity contribution in [3.63, 3.8) is 0 Å². The molecular weight excluding hydrogens is 212 g/mol. The monoisotopic (exact) mass is 235 g/mol. The van der Waals surface area contributed by atoms with E-state index in [2.05, 4.69) is 51.6 Å². The second-order valence-corrected chi connectivity index (χ2v) is 6.72. The number of aryl methyl sites for hydroxylation is 1. The molecule has 16 heavy (non-hydrogen) atoms. The molecule has 0 spiro atoms. The Hall–Kier alpha value is -0.690. The molecule has 1 unspecified atom stereocenters. The van der Waals surface area contributed by atoms with Crippen LogP contribution in [0, 0.1) is 6.92 Å². The van der Waals surface area contributed by atoms with Crippen LogP contribution in [0.25, 0.3) is 5.57 Å². The highest BCUT2D eigenvalue weighted by Crippen LogP contribution is 2.17. The van der Waals surface area contributed by atoms with Crippen molar-refractivity contribution >= 4 is 16.5 Å². The molecular formula is C15H23S+. The van der Waals surface area contributed by atoms with Crippen LogP contribution in [-0.4, -0.2) is 17.3 Å². The minimum absolute atomic E-state index is 0.533. The lowest BCUT2D eigenvalue weighted by Gasteiger charge is -2.08. The molecule has 1 aromatic rings. The molecule has 0 fully saturated rings. The Morgan fingerprint density at radius 1 is 1.19 bits per heavy atom. The molecule has 0 radical (unpaired) electrons. The van der Waals surface area contributed by atoms with Gasteiger partial charge in [-0.25, -0.2) is 0 Å². The third-order valence-electron chi connectivity index (χ3n) is 2.74. The van der Waals surface area contributed by atoms with Gasteiger partial charge in [-0.2, -0.15) is 0 Å². The van der Waals surface area contributed by atoms with Crippen LogP contribution in [0.5, 0.6) is 0 Å². The van der Waals surface area contributed by atoms with Gasteiger partial charge in [0.05, 0.1) is 0 Å². The van der Waals surface area contributed by atoms with Gasteiger partial charge in [0.2, 0.25) is 0 Å². The van der Waals surface area contributed by atoms with Crippen molar-refractivity contribution in [1.29, 1.82) is 0 Å². The highest BCUT2D eigenvalue weighted by molar-refractivity contribution is 7.97. The van der Waals surface area contributed by atoms with Crippen LogP contribution in [0.1, 0.15) is 31.4 Å². The molecule has 0 heterocycles. The molecule has 0 saturated carbocycles. The normalized spacial score (nSPS) is 12.4. The number of rotatable bonds is 6. The van der Waals surface area contributed by atoms with Crippen molar-refractivity contribution in [2.24, 2.45) is 0 Å². The van der Waals surface area contributed by atoms with Gasteiger partial charge in [-0.3, -0.25) is 0 Å². The van der Waals surface area contributed by atoms with E-state index in [-0.39, 0.29) is 0 Å². The van der Waals surface area contributed by atoms with Crippen LogP contribution in [0.15, 0.2) is 30.8 Å². The maximum atomic E-state index is 4.23. The van der Waals surface area contributed by atoms with Crippen molar-refractivity contribution in [3.05, 3.63) is 42.0 Å². The van der Waals surface area contributed by atoms with E-state index >= 15 is 0 Å². The highest BCUT2D eigenvalue weighted by atomic mass is 32.2. The minimum atomic E-state index is 0.533. The second-order valence-electron chi connectivity index (χ2n) is 4.22. The van der Waals surface area contributed by atoms with E-state index in [9.17, 15) is 0 Å². The first-order valence-electron chi connectivity index (χ1n) is 6.06. The number of hydrogen-bond acceptors (Lipinski definition) is 0. The fraction of sp³-hybridized carbons (Fsp3) is 0.467. The largest absolute Gasteiger partial charge is 0.133 e. The molecule has 88 valence electrons. The zero-order valence-electron chi connectivity index (χ0n) is 10.8. The summed E-state index contributed by atoms with van der Waals surface area (Å²) in [6.07, 6.45) is 1.29. The van der Waals surface area contributed by atoms with Gasteiger partial charge in [0.15, 0.2) is 0 Å². The van der Waals surface area contributed by atoms with Crippen LogP contribution in [0.4, 0.5) is 0 Å². The molecule has 1 aromatic carbocycles. The Balaban J connectivity index is 2.60. The van der Waals surface area contributed by atoms with E-state index in [1.807, 2.05) is 0 Å². The summed E-state index contributed by atoms with van der Waals surface area (Å²) in [5.74, 6) is 3.81. The summed E-state index contributed by atoms with van der Waals surface area (Å²) >= 11 is 0. The Morgan fingerprint density at radius 2 is 1.81 bits per heavy atom. The Kier molecular flexibility index (Phi) is 5.68. The van der Waals surface area contributed by atoms with Crippen molar-refractivity contribution < 1.29 is 0 Å². The average molecular weight is 235 g/mol. The molecule has 0 aliphatic carbocycles. The van der Waals surface area contributed by atoms with E-state index in [0.717, 1.165) is 0 Å². The maximum Gasteiger partial charge on any atom is 0.133 e. The van der Waals surface area contributed by atoms with Gasteiger partial charge in [0, 0.05) is 5.57 Å². The molecule has 0 N–H and O–H groups in total. The fourth-order valence-electron chi connectivity index (χ4n) is 1.73. The van der Waals surface area contributed by atoms with Crippen LogP contribution in [0.2, 0.25) is 0 Å². The quantitative estimate of drug-likeness (QED) is 0.652. The van der Waals surface area contributed by atoms with Gasteiger partial charge in [0.1, 0.15) is 17.3 Å². The summed E-state index contributed by atoms with van der Waals surface area (Å²) < 4.78 is 0. The lowest BCUT2D eigenvalue weighted by atomic mass is 10.1. The van der Waals surface area contributed by atoms with Gasteiger partial charge < -0.3 is 0 Å². The van der Waals surface area contributed by atoms with Crippen LogP contribution >= 0.6 is 0 Å². The molecule has 0 saturated heterocycles. The van der Waals surface area contributed by atoms with Crippen LogP contribution in [-0.2, 0) is 10.9 Å². The lowest BCUT2D eigenvalue weighted by molar-refractivity contribution is 1.10. The summed E-state index contributed by atoms with van der Waals surface area (Å²) in [4.78, 5) is 0. The smallest absolute Gasteiger partial charge is 0.0905 e. The molecule has 1 heteroatoms. The SMILES string of the molecule is C=C(C[S+](CC)CCC)c1ccc(C)cc1. The fourth-order valence-corrected chi connectivity index (χ4v) is 3.60. The molecule has 0 aliphatic heterocycles. The van der Waals surface area contributed by atoms with Crippen molar-refractivity contribution in [2.75, 3.05) is 17.3 Å². The third kappa shape index (κ3) is 4.05. The van der Waals surface area contributed by atoms with Crippen LogP contribution < -0.4 is 0 Å². The summed E-state index contributed by atoms with van der Waals surface area (Å²) in [6.45, 7) is 10.9. The zero-order chi connectivity index (χ0) is 12.0. The Labute approximate surface area is 103 Å². The van der Waals surface area contributed by atoms with E-state index in [0.29, 0.717) is 10.9 Å². The van der Waals surface area contributed by atoms with Crippen molar-refractivity contribution in [2.45, 2.75) is 27.2 Å². The number of benzene rings is 1. The molecule has 1 rings (SSSR count). The first kappa shape index (κ1) is 13.4. The Morgan fingerprint density at radius 3 is 2.31 bits per heavy atom. The second kappa shape index (κ2) is 6.80. The minimum Gasteiger partial charge on any atom is -0.0905 e. The molecule has 0 amide bonds. The third-order valence-corrected chi connectivity index (χ3v) is 5.30. The van der Waals surface area contributed by atoms with E-state index in [1.54, 1.807) is 0 Å². The van der Waals surface area contributed by atoms with E-state index in [1.165, 1.54) is 40.4 Å². The predicted molar refractivity (Wildman–Crippen MR) is 78.1 cm³/mol. The summed E-state index contributed by atoms with van der Waals surface area (Å²) in [6, 6.07) is 8.73. The molecule has 0 bridgehead atoms. The highest BCUT2D eigenvalue weighted by Gasteiger charge is 2.16. The first-order chi connectivity index (χ1) is 7.67. The van der Waals surface area contributed by atoms with Crippen LogP contribution in [0.3, 0.4) is 0 Å². The molecule has 0 nitrogen and oxygen atoms in total. The topological polar surface area (TPSA) is 0 Å². The predicted octanol–water partition coefficient (Wildman–Crippen LogP) is 4.06. The van der Waals surface area contributed by atoms with Gasteiger partial charge in [-0.15, -0.1) is 0 Å².